The van der Waals surface area contributed by atoms with Crippen molar-refractivity contribution in [1.29, 1.82) is 0 Å². The molecule has 7 heteroatoms. The van der Waals surface area contributed by atoms with Crippen molar-refractivity contribution >= 4 is 16.6 Å². The molecule has 2 fully saturated rings. The summed E-state index contributed by atoms with van der Waals surface area (Å²) in [5.74, 6) is 0. The molecule has 0 spiro atoms. The van der Waals surface area contributed by atoms with Crippen LogP contribution < -0.4 is 0 Å². The second kappa shape index (κ2) is 7.18. The van der Waals surface area contributed by atoms with Crippen LogP contribution in [-0.2, 0) is 18.3 Å². The van der Waals surface area contributed by atoms with Crippen LogP contribution in [0.5, 0.6) is 0 Å². The second-order valence-electron chi connectivity index (χ2n) is 11.4. The number of hydrogen-bond donors (Lipinski definition) is 1. The van der Waals surface area contributed by atoms with E-state index in [0.29, 0.717) is 6.42 Å². The van der Waals surface area contributed by atoms with Crippen LogP contribution >= 0.6 is 0 Å². The summed E-state index contributed by atoms with van der Waals surface area (Å²) in [7, 11) is -2.28. The Kier molecular flexibility index (Phi) is 6.25. The maximum Gasteiger partial charge on any atom is 0.192 e. The van der Waals surface area contributed by atoms with Crippen LogP contribution in [0, 0.1) is 0 Å². The molecule has 0 aromatic heterocycles. The van der Waals surface area contributed by atoms with E-state index in [1.54, 1.807) is 7.11 Å². The number of rotatable bonds is 6. The molecular formula is C20H42O5Si2. The van der Waals surface area contributed by atoms with Gasteiger partial charge in [-0.05, 0) is 36.3 Å². The lowest BCUT2D eigenvalue weighted by Crippen LogP contribution is -2.60. The molecule has 1 N–H and O–H groups in total. The minimum atomic E-state index is -2.02. The van der Waals surface area contributed by atoms with Crippen LogP contribution in [0.25, 0.3) is 0 Å². The van der Waals surface area contributed by atoms with E-state index in [1.165, 1.54) is 0 Å². The van der Waals surface area contributed by atoms with Gasteiger partial charge in [-0.2, -0.15) is 0 Å². The second-order valence-corrected chi connectivity index (χ2v) is 20.9. The number of aliphatic hydroxyl groups is 1. The van der Waals surface area contributed by atoms with E-state index in [4.69, 9.17) is 18.3 Å². The lowest BCUT2D eigenvalue weighted by Gasteiger charge is -2.47. The monoisotopic (exact) mass is 418 g/mol. The third kappa shape index (κ3) is 4.39. The first-order valence-corrected chi connectivity index (χ1v) is 16.0. The van der Waals surface area contributed by atoms with Gasteiger partial charge in [0, 0.05) is 13.5 Å². The molecule has 1 saturated carbocycles. The molecule has 5 nitrogen and oxygen atoms in total. The standard InChI is InChI=1S/C20H42O5Si2/c1-18(2,3)26(8,9)24-14-12-20(13-21)17(23-20)16(15(14)22-7)25-27(10,11)19(4,5)6/h14-17,21H,12-13H2,1-11H3/t14-,15+,16+,17-,20-/m1/s1. The van der Waals surface area contributed by atoms with E-state index >= 15 is 0 Å². The van der Waals surface area contributed by atoms with Crippen molar-refractivity contribution in [2.75, 3.05) is 13.7 Å². The number of ether oxygens (including phenoxy) is 2. The van der Waals surface area contributed by atoms with Crippen LogP contribution in [0.15, 0.2) is 0 Å². The maximum atomic E-state index is 10.0. The Morgan fingerprint density at radius 1 is 0.926 bits per heavy atom. The summed E-state index contributed by atoms with van der Waals surface area (Å²) in [5, 5.41) is 10.2. The Morgan fingerprint density at radius 2 is 1.41 bits per heavy atom. The molecule has 0 radical (unpaired) electrons. The Morgan fingerprint density at radius 3 is 1.81 bits per heavy atom. The largest absolute Gasteiger partial charge is 0.411 e. The summed E-state index contributed by atoms with van der Waals surface area (Å²) in [4.78, 5) is 0. The minimum Gasteiger partial charge on any atom is -0.411 e. The summed E-state index contributed by atoms with van der Waals surface area (Å²) in [6, 6.07) is 0. The smallest absolute Gasteiger partial charge is 0.192 e. The van der Waals surface area contributed by atoms with Crippen LogP contribution in [-0.4, -0.2) is 65.5 Å². The van der Waals surface area contributed by atoms with Gasteiger partial charge in [0.2, 0.25) is 0 Å². The van der Waals surface area contributed by atoms with E-state index in [0.717, 1.165) is 0 Å². The van der Waals surface area contributed by atoms with Gasteiger partial charge in [-0.1, -0.05) is 41.5 Å². The summed E-state index contributed by atoms with van der Waals surface area (Å²) in [6.45, 7) is 22.5. The molecule has 27 heavy (non-hydrogen) atoms. The van der Waals surface area contributed by atoms with Crippen molar-refractivity contribution in [3.8, 4) is 0 Å². The first-order valence-electron chi connectivity index (χ1n) is 10.2. The fourth-order valence-electron chi connectivity index (χ4n) is 3.38. The summed E-state index contributed by atoms with van der Waals surface area (Å²) in [6.07, 6.45) is 0.0423. The summed E-state index contributed by atoms with van der Waals surface area (Å²) >= 11 is 0. The van der Waals surface area contributed by atoms with Gasteiger partial charge in [-0.15, -0.1) is 0 Å². The van der Waals surface area contributed by atoms with Crippen molar-refractivity contribution in [1.82, 2.24) is 0 Å². The van der Waals surface area contributed by atoms with Gasteiger partial charge in [-0.25, -0.2) is 0 Å². The third-order valence-corrected chi connectivity index (χ3v) is 16.4. The highest BCUT2D eigenvalue weighted by molar-refractivity contribution is 6.74. The first-order chi connectivity index (χ1) is 12.0. The fraction of sp³-hybridized carbons (Fsp3) is 1.00. The number of methoxy groups -OCH3 is 1. The van der Waals surface area contributed by atoms with Crippen molar-refractivity contribution in [2.45, 2.75) is 114 Å². The summed E-state index contributed by atoms with van der Waals surface area (Å²) < 4.78 is 25.5. The zero-order valence-electron chi connectivity index (χ0n) is 19.3. The molecule has 2 aliphatic rings. The van der Waals surface area contributed by atoms with Crippen molar-refractivity contribution in [3.63, 3.8) is 0 Å². The molecule has 1 aliphatic heterocycles. The van der Waals surface area contributed by atoms with Gasteiger partial charge < -0.3 is 23.4 Å². The normalized spacial score (nSPS) is 35.1. The SMILES string of the molecule is CO[C@@H]1[C@H](O[Si](C)(C)C(C)(C)C)[C@H]2O[C@@]2(CO)C[C@H]1O[Si](C)(C)C(C)(C)C. The average molecular weight is 419 g/mol. The van der Waals surface area contributed by atoms with Gasteiger partial charge in [0.1, 0.15) is 23.9 Å². The zero-order valence-corrected chi connectivity index (χ0v) is 21.3. The molecule has 1 aliphatic carbocycles. The van der Waals surface area contributed by atoms with Gasteiger partial charge in [0.05, 0.1) is 12.7 Å². The zero-order chi connectivity index (χ0) is 21.1. The van der Waals surface area contributed by atoms with Crippen molar-refractivity contribution in [2.24, 2.45) is 0 Å². The van der Waals surface area contributed by atoms with Crippen LogP contribution in [0.1, 0.15) is 48.0 Å². The highest BCUT2D eigenvalue weighted by atomic mass is 28.4. The molecular weight excluding hydrogens is 376 g/mol. The minimum absolute atomic E-state index is 0.00280. The lowest BCUT2D eigenvalue weighted by atomic mass is 9.83. The topological polar surface area (TPSA) is 60.5 Å². The van der Waals surface area contributed by atoms with Gasteiger partial charge in [0.15, 0.2) is 16.6 Å². The fourth-order valence-corrected chi connectivity index (χ4v) is 6.00. The molecule has 5 atom stereocenters. The third-order valence-electron chi connectivity index (χ3n) is 7.39. The molecule has 2 rings (SSSR count). The first kappa shape index (κ1) is 23.5. The van der Waals surface area contributed by atoms with Crippen molar-refractivity contribution in [3.05, 3.63) is 0 Å². The lowest BCUT2D eigenvalue weighted by molar-refractivity contribution is -0.0944. The Labute approximate surface area is 168 Å². The van der Waals surface area contributed by atoms with Crippen molar-refractivity contribution < 1.29 is 23.4 Å². The number of epoxide rings is 1. The van der Waals surface area contributed by atoms with Crippen LogP contribution in [0.3, 0.4) is 0 Å². The van der Waals surface area contributed by atoms with Gasteiger partial charge >= 0.3 is 0 Å². The van der Waals surface area contributed by atoms with Gasteiger partial charge in [-0.3, -0.25) is 0 Å². The molecule has 1 heterocycles. The summed E-state index contributed by atoms with van der Waals surface area (Å²) in [5.41, 5.74) is -0.533. The van der Waals surface area contributed by atoms with E-state index < -0.39 is 22.2 Å². The maximum absolute atomic E-state index is 10.0. The Bertz CT molecular complexity index is 537. The Balaban J connectivity index is 2.32. The van der Waals surface area contributed by atoms with E-state index in [1.807, 2.05) is 0 Å². The molecule has 0 amide bonds. The molecule has 0 bridgehead atoms. The van der Waals surface area contributed by atoms with Crippen LogP contribution in [0.4, 0.5) is 0 Å². The number of hydrogen-bond acceptors (Lipinski definition) is 5. The van der Waals surface area contributed by atoms with Gasteiger partial charge in [0.25, 0.3) is 0 Å². The van der Waals surface area contributed by atoms with E-state index in [2.05, 4.69) is 67.7 Å². The molecule has 0 aromatic carbocycles. The highest BCUT2D eigenvalue weighted by Crippen LogP contribution is 2.53. The quantitative estimate of drug-likeness (QED) is 0.514. The average Bonchev–Trinajstić information content (AvgIpc) is 3.19. The molecule has 1 saturated heterocycles. The van der Waals surface area contributed by atoms with E-state index in [9.17, 15) is 5.11 Å². The predicted molar refractivity (Wildman–Crippen MR) is 114 cm³/mol. The van der Waals surface area contributed by atoms with Crippen LogP contribution in [0.2, 0.25) is 36.3 Å². The molecule has 0 aromatic rings. The molecule has 0 unspecified atom stereocenters. The molecule has 160 valence electrons. The van der Waals surface area contributed by atoms with E-state index in [-0.39, 0.29) is 41.1 Å². The highest BCUT2D eigenvalue weighted by Gasteiger charge is 2.68. The number of aliphatic hydroxyl groups excluding tert-OH is 1. The Hall–Kier alpha value is 0.234. The number of fused-ring (bicyclic) bond motifs is 1. The predicted octanol–water partition coefficient (Wildman–Crippen LogP) is 4.32.